The Hall–Kier alpha value is -2.16. The molecule has 0 amide bonds. The average molecular weight is 505 g/mol. The lowest BCUT2D eigenvalue weighted by Gasteiger charge is -2.22. The van der Waals surface area contributed by atoms with Gasteiger partial charge in [0.1, 0.15) is 0 Å². The molecule has 0 aliphatic rings. The van der Waals surface area contributed by atoms with Gasteiger partial charge in [0.25, 0.3) is 20.0 Å². The third kappa shape index (κ3) is 5.79. The minimum atomic E-state index is -5.04. The molecule has 0 bridgehead atoms. The molecule has 0 atom stereocenters. The van der Waals surface area contributed by atoms with Crippen molar-refractivity contribution in [2.24, 2.45) is 0 Å². The number of halogens is 6. The molecule has 0 aliphatic heterocycles. The maximum atomic E-state index is 13.0. The molecule has 0 fully saturated rings. The summed E-state index contributed by atoms with van der Waals surface area (Å²) in [7, 11) is -8.74. The lowest BCUT2D eigenvalue weighted by molar-refractivity contribution is -0.138. The molecule has 2 aromatic carbocycles. The van der Waals surface area contributed by atoms with Crippen molar-refractivity contribution in [3.05, 3.63) is 59.7 Å². The van der Waals surface area contributed by atoms with Crippen molar-refractivity contribution in [1.29, 1.82) is 0 Å². The fourth-order valence-electron chi connectivity index (χ4n) is 2.59. The quantitative estimate of drug-likeness (QED) is 0.398. The van der Waals surface area contributed by atoms with E-state index in [-0.39, 0.29) is 22.8 Å². The Bertz CT molecular complexity index is 1140. The van der Waals surface area contributed by atoms with Gasteiger partial charge in [-0.25, -0.2) is 16.8 Å². The zero-order valence-corrected chi connectivity index (χ0v) is 17.9. The number of hydrogen-bond acceptors (Lipinski definition) is 5. The van der Waals surface area contributed by atoms with E-state index < -0.39 is 59.9 Å². The Morgan fingerprint density at radius 2 is 1.31 bits per heavy atom. The number of hydrogen-bond donors (Lipinski definition) is 0. The molecule has 0 spiro atoms. The van der Waals surface area contributed by atoms with Gasteiger partial charge in [0.2, 0.25) is 0 Å². The van der Waals surface area contributed by atoms with Crippen molar-refractivity contribution >= 4 is 20.0 Å². The number of nitrogens with zero attached hydrogens (tertiary/aromatic N) is 1. The molecule has 0 aliphatic carbocycles. The number of ether oxygens (including phenoxy) is 1. The molecular weight excluding hydrogens is 488 g/mol. The average Bonchev–Trinajstić information content (AvgIpc) is 2.70. The molecule has 2 aromatic rings. The van der Waals surface area contributed by atoms with Crippen LogP contribution in [0.25, 0.3) is 0 Å². The van der Waals surface area contributed by atoms with Gasteiger partial charge < -0.3 is 4.74 Å². The van der Waals surface area contributed by atoms with Crippen molar-refractivity contribution in [3.8, 4) is 0 Å². The molecular formula is C18H17F6NO5S2. The first kappa shape index (κ1) is 26.1. The molecule has 32 heavy (non-hydrogen) atoms. The monoisotopic (exact) mass is 505 g/mol. The lowest BCUT2D eigenvalue weighted by atomic mass is 10.2. The van der Waals surface area contributed by atoms with Crippen LogP contribution < -0.4 is 0 Å². The summed E-state index contributed by atoms with van der Waals surface area (Å²) in [4.78, 5) is -1.72. The smallest absolute Gasteiger partial charge is 0.385 e. The zero-order valence-electron chi connectivity index (χ0n) is 16.3. The highest BCUT2D eigenvalue weighted by Crippen LogP contribution is 2.33. The molecule has 6 nitrogen and oxygen atoms in total. The van der Waals surface area contributed by atoms with Gasteiger partial charge in [-0.3, -0.25) is 0 Å². The molecule has 0 aromatic heterocycles. The van der Waals surface area contributed by atoms with Crippen LogP contribution in [0, 0.1) is 0 Å². The van der Waals surface area contributed by atoms with Crippen LogP contribution in [0.3, 0.4) is 0 Å². The van der Waals surface area contributed by atoms with Crippen molar-refractivity contribution in [1.82, 2.24) is 3.71 Å². The minimum Gasteiger partial charge on any atom is -0.385 e. The highest BCUT2D eigenvalue weighted by molar-refractivity contribution is 8.04. The fraction of sp³-hybridized carbons (Fsp3) is 0.333. The van der Waals surface area contributed by atoms with Gasteiger partial charge in [-0.15, -0.1) is 0 Å². The SMILES string of the molecule is COCCCN(S(=O)(=O)c1ccc(C(F)(F)F)cc1)S(=O)(=O)c1cccc(C(F)(F)F)c1. The molecule has 0 radical (unpaired) electrons. The molecule has 0 N–H and O–H groups in total. The van der Waals surface area contributed by atoms with Crippen molar-refractivity contribution < 1.29 is 47.9 Å². The molecule has 0 saturated carbocycles. The highest BCUT2D eigenvalue weighted by Gasteiger charge is 2.39. The number of sulfonamides is 2. The van der Waals surface area contributed by atoms with Gasteiger partial charge in [-0.1, -0.05) is 9.78 Å². The van der Waals surface area contributed by atoms with Crippen LogP contribution >= 0.6 is 0 Å². The molecule has 2 rings (SSSR count). The summed E-state index contributed by atoms with van der Waals surface area (Å²) < 4.78 is 134. The van der Waals surface area contributed by atoms with E-state index in [1.54, 1.807) is 0 Å². The second kappa shape index (κ2) is 9.37. The third-order valence-electron chi connectivity index (χ3n) is 4.16. The fourth-order valence-corrected chi connectivity index (χ4v) is 6.36. The number of rotatable bonds is 8. The van der Waals surface area contributed by atoms with E-state index in [0.29, 0.717) is 30.3 Å². The van der Waals surface area contributed by atoms with Crippen LogP contribution in [-0.4, -0.2) is 40.8 Å². The Kier molecular flexibility index (Phi) is 7.64. The maximum absolute atomic E-state index is 13.0. The van der Waals surface area contributed by atoms with E-state index in [1.165, 1.54) is 7.11 Å². The predicted molar refractivity (Wildman–Crippen MR) is 100 cm³/mol. The first-order valence-electron chi connectivity index (χ1n) is 8.73. The van der Waals surface area contributed by atoms with Gasteiger partial charge in [0.15, 0.2) is 0 Å². The summed E-state index contributed by atoms with van der Waals surface area (Å²) >= 11 is 0. The van der Waals surface area contributed by atoms with E-state index in [2.05, 4.69) is 0 Å². The predicted octanol–water partition coefficient (Wildman–Crippen LogP) is 4.14. The van der Waals surface area contributed by atoms with E-state index in [1.807, 2.05) is 0 Å². The standard InChI is InChI=1S/C18H17F6NO5S2/c1-30-11-3-10-25(31(26,27)15-8-6-13(7-9-15)17(19,20)21)32(28,29)16-5-2-4-14(12-16)18(22,23)24/h2,4-9,12H,3,10-11H2,1H3. The van der Waals surface area contributed by atoms with E-state index in [0.717, 1.165) is 12.1 Å². The van der Waals surface area contributed by atoms with Crippen molar-refractivity contribution in [2.45, 2.75) is 28.6 Å². The zero-order chi connectivity index (χ0) is 24.4. The largest absolute Gasteiger partial charge is 0.416 e. The first-order valence-corrected chi connectivity index (χ1v) is 11.6. The summed E-state index contributed by atoms with van der Waals surface area (Å²) in [5.74, 6) is 0. The van der Waals surface area contributed by atoms with Gasteiger partial charge in [-0.2, -0.15) is 26.3 Å². The molecule has 178 valence electrons. The lowest BCUT2D eigenvalue weighted by Crippen LogP contribution is -2.38. The van der Waals surface area contributed by atoms with Crippen LogP contribution in [0.4, 0.5) is 26.3 Å². The maximum Gasteiger partial charge on any atom is 0.416 e. The molecule has 0 unspecified atom stereocenters. The Balaban J connectivity index is 2.58. The van der Waals surface area contributed by atoms with E-state index >= 15 is 0 Å². The first-order chi connectivity index (χ1) is 14.6. The summed E-state index contributed by atoms with van der Waals surface area (Å²) in [6.45, 7) is -0.799. The van der Waals surface area contributed by atoms with Crippen LogP contribution in [-0.2, 0) is 37.1 Å². The molecule has 14 heteroatoms. The van der Waals surface area contributed by atoms with Crippen LogP contribution in [0.5, 0.6) is 0 Å². The summed E-state index contributed by atoms with van der Waals surface area (Å²) in [5, 5.41) is 0. The summed E-state index contributed by atoms with van der Waals surface area (Å²) in [6, 6.07) is 4.53. The van der Waals surface area contributed by atoms with Crippen LogP contribution in [0.15, 0.2) is 58.3 Å². The van der Waals surface area contributed by atoms with Gasteiger partial charge in [-0.05, 0) is 48.9 Å². The third-order valence-corrected chi connectivity index (χ3v) is 8.50. The normalized spacial score (nSPS) is 13.5. The highest BCUT2D eigenvalue weighted by atomic mass is 32.3. The topological polar surface area (TPSA) is 80.8 Å². The van der Waals surface area contributed by atoms with Gasteiger partial charge in [0, 0.05) is 20.3 Å². The summed E-state index contributed by atoms with van der Waals surface area (Å²) in [5.41, 5.74) is -2.48. The second-order valence-electron chi connectivity index (χ2n) is 6.40. The van der Waals surface area contributed by atoms with E-state index in [9.17, 15) is 43.2 Å². The Morgan fingerprint density at radius 1 is 0.781 bits per heavy atom. The number of methoxy groups -OCH3 is 1. The summed E-state index contributed by atoms with van der Waals surface area (Å²) in [6.07, 6.45) is -9.81. The molecule has 0 heterocycles. The van der Waals surface area contributed by atoms with Crippen LogP contribution in [0.1, 0.15) is 17.5 Å². The Morgan fingerprint density at radius 3 is 1.81 bits per heavy atom. The van der Waals surface area contributed by atoms with Crippen LogP contribution in [0.2, 0.25) is 0 Å². The minimum absolute atomic E-state index is 0.0445. The van der Waals surface area contributed by atoms with E-state index in [4.69, 9.17) is 4.74 Å². The Labute approximate surface area is 180 Å². The van der Waals surface area contributed by atoms with Crippen molar-refractivity contribution in [3.63, 3.8) is 0 Å². The number of alkyl halides is 6. The number of benzene rings is 2. The van der Waals surface area contributed by atoms with Gasteiger partial charge in [0.05, 0.1) is 20.9 Å². The van der Waals surface area contributed by atoms with Gasteiger partial charge >= 0.3 is 12.4 Å². The second-order valence-corrected chi connectivity index (χ2v) is 10.4. The van der Waals surface area contributed by atoms with Crippen molar-refractivity contribution in [2.75, 3.05) is 20.3 Å². The molecule has 0 saturated heterocycles.